The van der Waals surface area contributed by atoms with Crippen molar-refractivity contribution in [2.75, 3.05) is 5.73 Å². The van der Waals surface area contributed by atoms with Crippen LogP contribution in [0.25, 0.3) is 10.7 Å². The summed E-state index contributed by atoms with van der Waals surface area (Å²) in [6, 6.07) is 2.07. The van der Waals surface area contributed by atoms with Crippen molar-refractivity contribution in [2.45, 2.75) is 33.1 Å². The number of thiophene rings is 1. The number of aryl methyl sites for hydroxylation is 1. The molecule has 0 aliphatic heterocycles. The largest absolute Gasteiger partial charge is 0.383 e. The first kappa shape index (κ1) is 13.5. The predicted octanol–water partition coefficient (Wildman–Crippen LogP) is 4.16. The maximum Gasteiger partial charge on any atom is 0.172 e. The average molecular weight is 326 g/mol. The highest BCUT2D eigenvalue weighted by molar-refractivity contribution is 9.10. The molecule has 2 aromatic heterocycles. The summed E-state index contributed by atoms with van der Waals surface area (Å²) in [5.74, 6) is 1.21. The van der Waals surface area contributed by atoms with E-state index in [1.807, 2.05) is 5.38 Å². The van der Waals surface area contributed by atoms with Crippen LogP contribution in [0.1, 0.15) is 32.0 Å². The van der Waals surface area contributed by atoms with Gasteiger partial charge in [0.25, 0.3) is 0 Å². The molecule has 18 heavy (non-hydrogen) atoms. The lowest BCUT2D eigenvalue weighted by Gasteiger charge is -2.20. The summed E-state index contributed by atoms with van der Waals surface area (Å²) in [6.07, 6.45) is 0. The van der Waals surface area contributed by atoms with E-state index in [1.165, 1.54) is 5.56 Å². The Labute approximate surface area is 120 Å². The van der Waals surface area contributed by atoms with Crippen molar-refractivity contribution in [2.24, 2.45) is 0 Å². The van der Waals surface area contributed by atoms with Crippen molar-refractivity contribution >= 4 is 33.1 Å². The lowest BCUT2D eigenvalue weighted by Crippen LogP contribution is -2.17. The van der Waals surface area contributed by atoms with E-state index in [1.54, 1.807) is 11.3 Å². The van der Waals surface area contributed by atoms with Gasteiger partial charge in [-0.05, 0) is 39.9 Å². The van der Waals surface area contributed by atoms with Crippen LogP contribution in [0, 0.1) is 6.92 Å². The van der Waals surface area contributed by atoms with E-state index in [0.717, 1.165) is 15.0 Å². The van der Waals surface area contributed by atoms with Crippen LogP contribution < -0.4 is 5.73 Å². The second kappa shape index (κ2) is 4.63. The molecule has 96 valence electrons. The monoisotopic (exact) mass is 325 g/mol. The summed E-state index contributed by atoms with van der Waals surface area (Å²) >= 11 is 5.13. The minimum absolute atomic E-state index is 0.0736. The molecule has 0 aliphatic carbocycles. The van der Waals surface area contributed by atoms with Crippen LogP contribution in [-0.4, -0.2) is 9.97 Å². The van der Waals surface area contributed by atoms with E-state index in [4.69, 9.17) is 5.73 Å². The Hall–Kier alpha value is -0.940. The van der Waals surface area contributed by atoms with Gasteiger partial charge in [-0.15, -0.1) is 11.3 Å². The highest BCUT2D eigenvalue weighted by Gasteiger charge is 2.23. The molecular formula is C13H16BrN3S. The molecule has 3 nitrogen and oxygen atoms in total. The van der Waals surface area contributed by atoms with Crippen LogP contribution in [0.3, 0.4) is 0 Å². The van der Waals surface area contributed by atoms with Crippen molar-refractivity contribution in [1.29, 1.82) is 0 Å². The average Bonchev–Trinajstić information content (AvgIpc) is 2.66. The molecule has 0 atom stereocenters. The van der Waals surface area contributed by atoms with Gasteiger partial charge in [-0.3, -0.25) is 0 Å². The van der Waals surface area contributed by atoms with Crippen molar-refractivity contribution in [3.63, 3.8) is 0 Å². The van der Waals surface area contributed by atoms with Crippen molar-refractivity contribution < 1.29 is 0 Å². The molecule has 2 aromatic rings. The van der Waals surface area contributed by atoms with E-state index in [-0.39, 0.29) is 5.41 Å². The smallest absolute Gasteiger partial charge is 0.172 e. The molecule has 0 aromatic carbocycles. The van der Waals surface area contributed by atoms with E-state index >= 15 is 0 Å². The molecular weight excluding hydrogens is 310 g/mol. The Morgan fingerprint density at radius 3 is 2.44 bits per heavy atom. The van der Waals surface area contributed by atoms with Crippen molar-refractivity contribution in [1.82, 2.24) is 9.97 Å². The molecule has 2 N–H and O–H groups in total. The van der Waals surface area contributed by atoms with Crippen LogP contribution in [-0.2, 0) is 5.41 Å². The number of hydrogen-bond donors (Lipinski definition) is 1. The van der Waals surface area contributed by atoms with Crippen molar-refractivity contribution in [3.05, 3.63) is 27.2 Å². The highest BCUT2D eigenvalue weighted by Crippen LogP contribution is 2.35. The molecule has 0 saturated carbocycles. The van der Waals surface area contributed by atoms with E-state index in [9.17, 15) is 0 Å². The van der Waals surface area contributed by atoms with Crippen LogP contribution in [0.5, 0.6) is 0 Å². The Morgan fingerprint density at radius 2 is 1.94 bits per heavy atom. The SMILES string of the molecule is Cc1ccsc1-c1nc(N)c(Br)c(C(C)(C)C)n1. The van der Waals surface area contributed by atoms with Crippen LogP contribution in [0.4, 0.5) is 5.82 Å². The van der Waals surface area contributed by atoms with Gasteiger partial charge in [-0.25, -0.2) is 9.97 Å². The van der Waals surface area contributed by atoms with Gasteiger partial charge in [0, 0.05) is 5.41 Å². The number of nitrogens with zero attached hydrogens (tertiary/aromatic N) is 2. The van der Waals surface area contributed by atoms with Gasteiger partial charge in [0.2, 0.25) is 0 Å². The van der Waals surface area contributed by atoms with Crippen LogP contribution in [0.15, 0.2) is 15.9 Å². The quantitative estimate of drug-likeness (QED) is 0.856. The molecule has 0 fully saturated rings. The summed E-state index contributed by atoms with van der Waals surface area (Å²) < 4.78 is 0.799. The Morgan fingerprint density at radius 1 is 1.28 bits per heavy atom. The number of halogens is 1. The fraction of sp³-hybridized carbons (Fsp3) is 0.385. The van der Waals surface area contributed by atoms with Crippen LogP contribution in [0.2, 0.25) is 0 Å². The zero-order chi connectivity index (χ0) is 13.5. The van der Waals surface area contributed by atoms with Gasteiger partial charge in [-0.1, -0.05) is 20.8 Å². The number of nitrogen functional groups attached to an aromatic ring is 1. The Kier molecular flexibility index (Phi) is 3.47. The summed E-state index contributed by atoms with van der Waals surface area (Å²) in [5, 5.41) is 2.04. The normalized spacial score (nSPS) is 11.8. The first-order valence-electron chi connectivity index (χ1n) is 5.68. The molecule has 0 bridgehead atoms. The summed E-state index contributed by atoms with van der Waals surface area (Å²) in [6.45, 7) is 8.41. The molecule has 0 aliphatic rings. The molecule has 2 heterocycles. The third-order valence-electron chi connectivity index (χ3n) is 2.65. The fourth-order valence-corrected chi connectivity index (χ4v) is 3.30. The summed E-state index contributed by atoms with van der Waals surface area (Å²) in [4.78, 5) is 10.1. The maximum atomic E-state index is 5.98. The molecule has 0 unspecified atom stereocenters. The number of hydrogen-bond acceptors (Lipinski definition) is 4. The zero-order valence-corrected chi connectivity index (χ0v) is 13.3. The Bertz CT molecular complexity index is 584. The van der Waals surface area contributed by atoms with E-state index < -0.39 is 0 Å². The van der Waals surface area contributed by atoms with Gasteiger partial charge < -0.3 is 5.73 Å². The molecule has 2 rings (SSSR count). The second-order valence-electron chi connectivity index (χ2n) is 5.28. The van der Waals surface area contributed by atoms with E-state index in [2.05, 4.69) is 59.7 Å². The summed E-state index contributed by atoms with van der Waals surface area (Å²) in [5.41, 5.74) is 8.03. The predicted molar refractivity (Wildman–Crippen MR) is 80.9 cm³/mol. The van der Waals surface area contributed by atoms with Gasteiger partial charge in [-0.2, -0.15) is 0 Å². The molecule has 0 saturated heterocycles. The number of anilines is 1. The van der Waals surface area contributed by atoms with Gasteiger partial charge >= 0.3 is 0 Å². The standard InChI is InChI=1S/C13H16BrN3S/c1-7-5-6-18-9(7)12-16-10(13(2,3)4)8(14)11(15)17-12/h5-6H,1-4H3,(H2,15,16,17). The lowest BCUT2D eigenvalue weighted by molar-refractivity contribution is 0.565. The lowest BCUT2D eigenvalue weighted by atomic mass is 9.92. The minimum Gasteiger partial charge on any atom is -0.383 e. The second-order valence-corrected chi connectivity index (χ2v) is 6.99. The third-order valence-corrected chi connectivity index (χ3v) is 4.45. The van der Waals surface area contributed by atoms with Gasteiger partial charge in [0.15, 0.2) is 5.82 Å². The maximum absolute atomic E-state index is 5.98. The zero-order valence-electron chi connectivity index (χ0n) is 10.9. The molecule has 0 radical (unpaired) electrons. The highest BCUT2D eigenvalue weighted by atomic mass is 79.9. The number of aromatic nitrogens is 2. The van der Waals surface area contributed by atoms with Crippen molar-refractivity contribution in [3.8, 4) is 10.7 Å². The molecule has 0 amide bonds. The Balaban J connectivity index is 2.66. The molecule has 0 spiro atoms. The van der Waals surface area contributed by atoms with Gasteiger partial charge in [0.05, 0.1) is 15.0 Å². The summed E-state index contributed by atoms with van der Waals surface area (Å²) in [7, 11) is 0. The number of nitrogens with two attached hydrogens (primary N) is 1. The first-order valence-corrected chi connectivity index (χ1v) is 7.36. The topological polar surface area (TPSA) is 51.8 Å². The first-order chi connectivity index (χ1) is 8.30. The number of rotatable bonds is 1. The van der Waals surface area contributed by atoms with Crippen LogP contribution >= 0.6 is 27.3 Å². The molecule has 5 heteroatoms. The van der Waals surface area contributed by atoms with Gasteiger partial charge in [0.1, 0.15) is 5.82 Å². The third kappa shape index (κ3) is 2.42. The fourth-order valence-electron chi connectivity index (χ4n) is 1.66. The minimum atomic E-state index is -0.0736. The van der Waals surface area contributed by atoms with E-state index in [0.29, 0.717) is 11.6 Å².